The smallest absolute Gasteiger partial charge is 0.273 e. The van der Waals surface area contributed by atoms with Gasteiger partial charge in [-0.05, 0) is 37.0 Å². The molecule has 3 nitrogen and oxygen atoms in total. The van der Waals surface area contributed by atoms with E-state index in [1.807, 2.05) is 32.0 Å². The van der Waals surface area contributed by atoms with Crippen molar-refractivity contribution < 1.29 is 9.59 Å². The Morgan fingerprint density at radius 1 is 1.00 bits per heavy atom. The average Bonchev–Trinajstić information content (AvgIpc) is 2.70. The molecule has 1 aliphatic rings. The number of hydrogen-bond acceptors (Lipinski definition) is 2. The van der Waals surface area contributed by atoms with Crippen LogP contribution in [0.4, 0.5) is 0 Å². The highest BCUT2D eigenvalue weighted by Crippen LogP contribution is 2.32. The van der Waals surface area contributed by atoms with E-state index < -0.39 is 0 Å². The van der Waals surface area contributed by atoms with E-state index in [0.29, 0.717) is 12.1 Å². The summed E-state index contributed by atoms with van der Waals surface area (Å²) in [6.45, 7) is 6.57. The average molecular weight is 320 g/mol. The van der Waals surface area contributed by atoms with Crippen molar-refractivity contribution in [2.45, 2.75) is 46.5 Å². The van der Waals surface area contributed by atoms with Gasteiger partial charge in [0.15, 0.2) is 0 Å². The topological polar surface area (TPSA) is 37.4 Å². The molecule has 2 amide bonds. The second kappa shape index (κ2) is 7.10. The van der Waals surface area contributed by atoms with Crippen LogP contribution in [-0.2, 0) is 9.59 Å². The maximum Gasteiger partial charge on any atom is 0.273 e. The molecular weight excluding hydrogens is 298 g/mol. The fourth-order valence-electron chi connectivity index (χ4n) is 2.59. The van der Waals surface area contributed by atoms with Crippen LogP contribution in [0.3, 0.4) is 0 Å². The first-order valence-corrected chi connectivity index (χ1v) is 8.18. The second-order valence-corrected chi connectivity index (χ2v) is 6.19. The number of rotatable bonds is 6. The number of carbonyl (C=O) groups excluding carboxylic acids is 2. The molecule has 0 atom stereocenters. The number of unbranched alkanes of at least 4 members (excludes halogenated alkanes) is 3. The molecule has 22 heavy (non-hydrogen) atoms. The molecule has 0 spiro atoms. The van der Waals surface area contributed by atoms with E-state index in [9.17, 15) is 9.59 Å². The van der Waals surface area contributed by atoms with Gasteiger partial charge < -0.3 is 0 Å². The molecule has 1 heterocycles. The molecule has 2 rings (SSSR count). The van der Waals surface area contributed by atoms with Gasteiger partial charge in [0.1, 0.15) is 5.03 Å². The fraction of sp³-hybridized carbons (Fsp3) is 0.444. The van der Waals surface area contributed by atoms with E-state index in [1.54, 1.807) is 0 Å². The maximum atomic E-state index is 12.5. The van der Waals surface area contributed by atoms with Crippen LogP contribution >= 0.6 is 11.6 Å². The summed E-state index contributed by atoms with van der Waals surface area (Å²) in [5, 5.41) is 0.0451. The predicted molar refractivity (Wildman–Crippen MR) is 89.6 cm³/mol. The molecule has 0 fully saturated rings. The van der Waals surface area contributed by atoms with E-state index in [0.717, 1.165) is 42.4 Å². The van der Waals surface area contributed by atoms with Crippen molar-refractivity contribution >= 4 is 29.0 Å². The van der Waals surface area contributed by atoms with Crippen LogP contribution in [0.25, 0.3) is 5.57 Å². The van der Waals surface area contributed by atoms with Crippen molar-refractivity contribution in [2.75, 3.05) is 6.54 Å². The molecule has 1 aromatic carbocycles. The molecule has 1 aliphatic heterocycles. The van der Waals surface area contributed by atoms with Gasteiger partial charge >= 0.3 is 0 Å². The highest BCUT2D eigenvalue weighted by atomic mass is 35.5. The Balaban J connectivity index is 2.20. The van der Waals surface area contributed by atoms with E-state index in [4.69, 9.17) is 11.6 Å². The zero-order chi connectivity index (χ0) is 16.3. The van der Waals surface area contributed by atoms with Gasteiger partial charge in [0.2, 0.25) is 0 Å². The summed E-state index contributed by atoms with van der Waals surface area (Å²) >= 11 is 6.15. The largest absolute Gasteiger partial charge is 0.274 e. The molecule has 0 saturated carbocycles. The number of nitrogens with zero attached hydrogens (tertiary/aromatic N) is 1. The van der Waals surface area contributed by atoms with Gasteiger partial charge in [-0.2, -0.15) is 0 Å². The number of halogens is 1. The Morgan fingerprint density at radius 2 is 1.73 bits per heavy atom. The van der Waals surface area contributed by atoms with Crippen molar-refractivity contribution in [1.82, 2.24) is 4.90 Å². The molecule has 0 unspecified atom stereocenters. The van der Waals surface area contributed by atoms with Crippen LogP contribution in [0.15, 0.2) is 23.2 Å². The van der Waals surface area contributed by atoms with Crippen LogP contribution < -0.4 is 0 Å². The van der Waals surface area contributed by atoms with E-state index in [-0.39, 0.29) is 16.8 Å². The highest BCUT2D eigenvalue weighted by molar-refractivity contribution is 6.55. The summed E-state index contributed by atoms with van der Waals surface area (Å²) in [5.74, 6) is -0.633. The molecule has 0 radical (unpaired) electrons. The fourth-order valence-corrected chi connectivity index (χ4v) is 2.89. The van der Waals surface area contributed by atoms with Crippen molar-refractivity contribution in [1.29, 1.82) is 0 Å². The molecular formula is C18H22ClNO2. The first-order valence-electron chi connectivity index (χ1n) is 7.81. The van der Waals surface area contributed by atoms with E-state index in [1.165, 1.54) is 4.90 Å². The second-order valence-electron chi connectivity index (χ2n) is 5.81. The Labute approximate surface area is 137 Å². The summed E-state index contributed by atoms with van der Waals surface area (Å²) in [4.78, 5) is 26.1. The Hall–Kier alpha value is -1.61. The van der Waals surface area contributed by atoms with Gasteiger partial charge in [-0.15, -0.1) is 0 Å². The monoisotopic (exact) mass is 319 g/mol. The quantitative estimate of drug-likeness (QED) is 0.582. The highest BCUT2D eigenvalue weighted by Gasteiger charge is 2.37. The molecule has 0 N–H and O–H groups in total. The normalized spacial score (nSPS) is 15.2. The molecule has 0 bridgehead atoms. The summed E-state index contributed by atoms with van der Waals surface area (Å²) < 4.78 is 0. The van der Waals surface area contributed by atoms with Crippen molar-refractivity contribution in [3.05, 3.63) is 39.9 Å². The Morgan fingerprint density at radius 3 is 2.36 bits per heavy atom. The van der Waals surface area contributed by atoms with Crippen LogP contribution in [-0.4, -0.2) is 23.3 Å². The van der Waals surface area contributed by atoms with Gasteiger partial charge in [-0.3, -0.25) is 14.5 Å². The van der Waals surface area contributed by atoms with Crippen LogP contribution in [0.2, 0.25) is 0 Å². The Bertz CT molecular complexity index is 634. The Kier molecular flexibility index (Phi) is 5.41. The summed E-state index contributed by atoms with van der Waals surface area (Å²) in [7, 11) is 0. The zero-order valence-electron chi connectivity index (χ0n) is 13.4. The molecule has 0 saturated heterocycles. The predicted octanol–water partition coefficient (Wildman–Crippen LogP) is 4.20. The molecule has 118 valence electrons. The van der Waals surface area contributed by atoms with Gasteiger partial charge in [-0.1, -0.05) is 56.0 Å². The lowest BCUT2D eigenvalue weighted by molar-refractivity contribution is -0.136. The lowest BCUT2D eigenvalue weighted by Crippen LogP contribution is -2.32. The van der Waals surface area contributed by atoms with Gasteiger partial charge in [0.05, 0.1) is 5.57 Å². The number of amides is 2. The van der Waals surface area contributed by atoms with Gasteiger partial charge in [0.25, 0.3) is 11.8 Å². The van der Waals surface area contributed by atoms with Crippen LogP contribution in [0, 0.1) is 13.8 Å². The summed E-state index contributed by atoms with van der Waals surface area (Å²) in [6, 6.07) is 5.72. The van der Waals surface area contributed by atoms with Crippen molar-refractivity contribution in [3.8, 4) is 0 Å². The van der Waals surface area contributed by atoms with Crippen LogP contribution in [0.1, 0.15) is 49.3 Å². The van der Waals surface area contributed by atoms with Gasteiger partial charge in [-0.25, -0.2) is 0 Å². The lowest BCUT2D eigenvalue weighted by Gasteiger charge is -2.14. The SMILES string of the molecule is CCCCCCN1C(=O)C(Cl)=C(c2ccc(C)c(C)c2)C1=O. The van der Waals surface area contributed by atoms with Crippen molar-refractivity contribution in [3.63, 3.8) is 0 Å². The van der Waals surface area contributed by atoms with Crippen LogP contribution in [0.5, 0.6) is 0 Å². The number of imide groups is 1. The standard InChI is InChI=1S/C18H22ClNO2/c1-4-5-6-7-10-20-17(21)15(16(19)18(20)22)14-9-8-12(2)13(3)11-14/h8-9,11H,4-7,10H2,1-3H3. The molecule has 1 aromatic rings. The maximum absolute atomic E-state index is 12.5. The van der Waals surface area contributed by atoms with Crippen molar-refractivity contribution in [2.24, 2.45) is 0 Å². The minimum Gasteiger partial charge on any atom is -0.274 e. The minimum atomic E-state index is -0.364. The zero-order valence-corrected chi connectivity index (χ0v) is 14.2. The van der Waals surface area contributed by atoms with E-state index in [2.05, 4.69) is 6.92 Å². The van der Waals surface area contributed by atoms with E-state index >= 15 is 0 Å². The number of carbonyl (C=O) groups is 2. The molecule has 4 heteroatoms. The first kappa shape index (κ1) is 16.8. The third-order valence-electron chi connectivity index (χ3n) is 4.14. The lowest BCUT2D eigenvalue weighted by atomic mass is 10.0. The number of aryl methyl sites for hydroxylation is 2. The summed E-state index contributed by atoms with van der Waals surface area (Å²) in [6.07, 6.45) is 4.08. The van der Waals surface area contributed by atoms with Gasteiger partial charge in [0, 0.05) is 6.54 Å². The summed E-state index contributed by atoms with van der Waals surface area (Å²) in [5.41, 5.74) is 3.29. The minimum absolute atomic E-state index is 0.0451. The molecule has 0 aromatic heterocycles. The third-order valence-corrected chi connectivity index (χ3v) is 4.49. The number of benzene rings is 1. The third kappa shape index (κ3) is 3.25. The first-order chi connectivity index (χ1) is 10.5. The number of hydrogen-bond donors (Lipinski definition) is 0. The molecule has 0 aliphatic carbocycles.